The van der Waals surface area contributed by atoms with Crippen LogP contribution >= 0.6 is 0 Å². The number of carbonyl (C=O) groups excluding carboxylic acids is 1. The Morgan fingerprint density at radius 2 is 1.78 bits per heavy atom. The number of alkyl halides is 1. The molecule has 2 aromatic heterocycles. The Bertz CT molecular complexity index is 1400. The Labute approximate surface area is 215 Å². The van der Waals surface area contributed by atoms with Crippen LogP contribution in [0.2, 0.25) is 0 Å². The van der Waals surface area contributed by atoms with E-state index in [4.69, 9.17) is 4.98 Å². The zero-order valence-electron chi connectivity index (χ0n) is 21.0. The lowest BCUT2D eigenvalue weighted by Crippen LogP contribution is -2.39. The molecule has 2 aromatic carbocycles. The lowest BCUT2D eigenvalue weighted by atomic mass is 9.95. The molecular weight excluding hydrogens is 467 g/mol. The second kappa shape index (κ2) is 9.59. The summed E-state index contributed by atoms with van der Waals surface area (Å²) in [6, 6.07) is 20.2. The van der Waals surface area contributed by atoms with Gasteiger partial charge in [-0.25, -0.2) is 8.91 Å². The van der Waals surface area contributed by atoms with Crippen molar-refractivity contribution in [2.24, 2.45) is 0 Å². The summed E-state index contributed by atoms with van der Waals surface area (Å²) < 4.78 is 15.9. The summed E-state index contributed by atoms with van der Waals surface area (Å²) in [7, 11) is 0. The molecule has 1 saturated carbocycles. The number of pyridine rings is 1. The van der Waals surface area contributed by atoms with Crippen LogP contribution in [0.25, 0.3) is 16.8 Å². The maximum Gasteiger partial charge on any atom is 0.251 e. The number of hydrogen-bond acceptors (Lipinski definition) is 5. The summed E-state index contributed by atoms with van der Waals surface area (Å²) in [5.74, 6) is 0.457. The van der Waals surface area contributed by atoms with Crippen LogP contribution in [0.15, 0.2) is 66.9 Å². The summed E-state index contributed by atoms with van der Waals surface area (Å²) in [6.45, 7) is 4.12. The SMILES string of the molecule is CC1(F)CCN(Cc2ccc(-c3cccn4nc(Nc5ccc(C(=O)NC6CC6)cc5)nc34)cc2)CC1. The average Bonchev–Trinajstić information content (AvgIpc) is 3.61. The minimum absolute atomic E-state index is 0.0331. The lowest BCUT2D eigenvalue weighted by Gasteiger charge is -2.34. The van der Waals surface area contributed by atoms with Gasteiger partial charge in [0.25, 0.3) is 5.91 Å². The predicted molar refractivity (Wildman–Crippen MR) is 143 cm³/mol. The van der Waals surface area contributed by atoms with E-state index in [-0.39, 0.29) is 5.91 Å². The second-order valence-electron chi connectivity index (χ2n) is 10.5. The summed E-state index contributed by atoms with van der Waals surface area (Å²) in [6.07, 6.45) is 5.20. The first-order valence-corrected chi connectivity index (χ1v) is 13.0. The van der Waals surface area contributed by atoms with E-state index in [9.17, 15) is 9.18 Å². The molecule has 8 heteroatoms. The number of nitrogens with zero attached hydrogens (tertiary/aromatic N) is 4. The normalized spacial score (nSPS) is 17.6. The number of hydrogen-bond donors (Lipinski definition) is 2. The van der Waals surface area contributed by atoms with Crippen LogP contribution in [0, 0.1) is 0 Å². The molecule has 6 rings (SSSR count). The van der Waals surface area contributed by atoms with Crippen molar-refractivity contribution in [2.75, 3.05) is 18.4 Å². The maximum atomic E-state index is 14.1. The van der Waals surface area contributed by atoms with Crippen molar-refractivity contribution in [1.82, 2.24) is 24.8 Å². The standard InChI is InChI=1S/C29H31FN6O/c1-29(30)14-17-35(18-15-29)19-20-4-6-21(7-5-20)25-3-2-16-36-26(25)33-28(34-36)32-24-10-8-22(9-11-24)27(37)31-23-12-13-23/h2-11,16,23H,12-15,17-19H2,1H3,(H,31,37)(H,32,34). The number of likely N-dealkylation sites (tertiary alicyclic amines) is 1. The van der Waals surface area contributed by atoms with Crippen LogP contribution < -0.4 is 10.6 Å². The van der Waals surface area contributed by atoms with Gasteiger partial charge in [-0.05, 0) is 80.1 Å². The number of nitrogens with one attached hydrogen (secondary N) is 2. The van der Waals surface area contributed by atoms with Gasteiger partial charge in [-0.1, -0.05) is 24.3 Å². The molecule has 2 fully saturated rings. The molecule has 0 radical (unpaired) electrons. The van der Waals surface area contributed by atoms with Gasteiger partial charge in [0.1, 0.15) is 5.67 Å². The molecule has 7 nitrogen and oxygen atoms in total. The molecule has 4 aromatic rings. The third-order valence-corrected chi connectivity index (χ3v) is 7.25. The van der Waals surface area contributed by atoms with Crippen molar-refractivity contribution in [3.63, 3.8) is 0 Å². The van der Waals surface area contributed by atoms with E-state index in [0.717, 1.165) is 54.9 Å². The fourth-order valence-electron chi connectivity index (χ4n) is 4.74. The van der Waals surface area contributed by atoms with Crippen molar-refractivity contribution < 1.29 is 9.18 Å². The van der Waals surface area contributed by atoms with Crippen LogP contribution in [-0.2, 0) is 6.54 Å². The molecule has 0 unspecified atom stereocenters. The molecule has 190 valence electrons. The Balaban J connectivity index is 1.15. The van der Waals surface area contributed by atoms with Crippen molar-refractivity contribution in [1.29, 1.82) is 0 Å². The molecule has 0 bridgehead atoms. The topological polar surface area (TPSA) is 74.6 Å². The Kier molecular flexibility index (Phi) is 6.12. The van der Waals surface area contributed by atoms with Crippen LogP contribution in [0.3, 0.4) is 0 Å². The van der Waals surface area contributed by atoms with Crippen molar-refractivity contribution in [3.05, 3.63) is 78.0 Å². The van der Waals surface area contributed by atoms with Crippen LogP contribution in [-0.4, -0.2) is 50.2 Å². The van der Waals surface area contributed by atoms with Gasteiger partial charge in [0.15, 0.2) is 5.65 Å². The van der Waals surface area contributed by atoms with E-state index in [1.807, 2.05) is 42.6 Å². The zero-order chi connectivity index (χ0) is 25.4. The number of fused-ring (bicyclic) bond motifs is 1. The highest BCUT2D eigenvalue weighted by molar-refractivity contribution is 5.95. The fraction of sp³-hybridized carbons (Fsp3) is 0.345. The maximum absolute atomic E-state index is 14.1. The minimum Gasteiger partial charge on any atom is -0.349 e. The molecule has 2 aliphatic rings. The highest BCUT2D eigenvalue weighted by atomic mass is 19.1. The summed E-state index contributed by atoms with van der Waals surface area (Å²) in [5, 5.41) is 10.8. The Morgan fingerprint density at radius 3 is 2.49 bits per heavy atom. The van der Waals surface area contributed by atoms with E-state index in [1.165, 1.54) is 5.56 Å². The second-order valence-corrected chi connectivity index (χ2v) is 10.5. The van der Waals surface area contributed by atoms with Gasteiger partial charge >= 0.3 is 0 Å². The number of carbonyl (C=O) groups is 1. The first-order valence-electron chi connectivity index (χ1n) is 13.0. The molecule has 0 spiro atoms. The number of piperidine rings is 1. The van der Waals surface area contributed by atoms with Crippen molar-refractivity contribution >= 4 is 23.2 Å². The molecule has 0 atom stereocenters. The third kappa shape index (κ3) is 5.49. The number of aromatic nitrogens is 3. The molecule has 2 N–H and O–H groups in total. The number of benzene rings is 2. The smallest absolute Gasteiger partial charge is 0.251 e. The van der Waals surface area contributed by atoms with Gasteiger partial charge in [0.05, 0.1) is 0 Å². The molecule has 1 saturated heterocycles. The molecule has 1 aliphatic carbocycles. The zero-order valence-corrected chi connectivity index (χ0v) is 21.0. The number of halogens is 1. The predicted octanol–water partition coefficient (Wildman–Crippen LogP) is 5.36. The van der Waals surface area contributed by atoms with E-state index in [1.54, 1.807) is 11.4 Å². The van der Waals surface area contributed by atoms with Gasteiger partial charge < -0.3 is 10.6 Å². The van der Waals surface area contributed by atoms with Crippen molar-refractivity contribution in [2.45, 2.75) is 50.9 Å². The monoisotopic (exact) mass is 498 g/mol. The molecule has 1 amide bonds. The Hall–Kier alpha value is -3.78. The van der Waals surface area contributed by atoms with Crippen molar-refractivity contribution in [3.8, 4) is 11.1 Å². The minimum atomic E-state index is -1.03. The first kappa shape index (κ1) is 23.6. The Morgan fingerprint density at radius 1 is 1.05 bits per heavy atom. The summed E-state index contributed by atoms with van der Waals surface area (Å²) >= 11 is 0. The molecule has 37 heavy (non-hydrogen) atoms. The highest BCUT2D eigenvalue weighted by Crippen LogP contribution is 2.28. The van der Waals surface area contributed by atoms with Crippen LogP contribution in [0.5, 0.6) is 0 Å². The number of anilines is 2. The van der Waals surface area contributed by atoms with Gasteiger partial charge in [-0.3, -0.25) is 9.69 Å². The molecule has 3 heterocycles. The first-order chi connectivity index (χ1) is 17.9. The quantitative estimate of drug-likeness (QED) is 0.359. The largest absolute Gasteiger partial charge is 0.349 e. The fourth-order valence-corrected chi connectivity index (χ4v) is 4.74. The lowest BCUT2D eigenvalue weighted by molar-refractivity contribution is 0.0705. The van der Waals surface area contributed by atoms with Gasteiger partial charge in [0, 0.05) is 48.7 Å². The van der Waals surface area contributed by atoms with E-state index in [2.05, 4.69) is 44.9 Å². The molecular formula is C29H31FN6O. The number of rotatable bonds is 7. The number of amides is 1. The van der Waals surface area contributed by atoms with Gasteiger partial charge in [-0.15, -0.1) is 5.10 Å². The summed E-state index contributed by atoms with van der Waals surface area (Å²) in [5.41, 5.74) is 4.47. The van der Waals surface area contributed by atoms with Gasteiger partial charge in [0.2, 0.25) is 5.95 Å². The van der Waals surface area contributed by atoms with Crippen LogP contribution in [0.1, 0.15) is 48.5 Å². The van der Waals surface area contributed by atoms with Crippen LogP contribution in [0.4, 0.5) is 16.0 Å². The average molecular weight is 499 g/mol. The third-order valence-electron chi connectivity index (χ3n) is 7.25. The molecule has 1 aliphatic heterocycles. The van der Waals surface area contributed by atoms with E-state index < -0.39 is 5.67 Å². The van der Waals surface area contributed by atoms with E-state index in [0.29, 0.717) is 30.4 Å². The summed E-state index contributed by atoms with van der Waals surface area (Å²) in [4.78, 5) is 19.3. The highest BCUT2D eigenvalue weighted by Gasteiger charge is 2.29. The van der Waals surface area contributed by atoms with E-state index >= 15 is 0 Å². The van der Waals surface area contributed by atoms with Gasteiger partial charge in [-0.2, -0.15) is 4.98 Å².